The minimum atomic E-state index is -0.104. The molecule has 0 aliphatic heterocycles. The first kappa shape index (κ1) is 11.2. The number of halogens is 1. The molecule has 0 aliphatic rings. The zero-order valence-corrected chi connectivity index (χ0v) is 7.64. The van der Waals surface area contributed by atoms with Crippen LogP contribution in [0.15, 0.2) is 22.8 Å². The number of Topliss-reactive ketones (excluding diaryl/α,β-unsaturated/α-hetero) is 1. The molecule has 1 rings (SSSR count). The Balaban J connectivity index is 0.00000121. The lowest BCUT2D eigenvalue weighted by molar-refractivity contribution is 0.0949. The molecule has 2 N–H and O–H groups in total. The fourth-order valence-corrected chi connectivity index (χ4v) is 0.830. The predicted molar refractivity (Wildman–Crippen MR) is 48.6 cm³/mol. The molecular formula is C8H12ClNO2. The monoisotopic (exact) mass is 189 g/mol. The fraction of sp³-hybridized carbons (Fsp3) is 0.375. The summed E-state index contributed by atoms with van der Waals surface area (Å²) in [6, 6.07) is 3.23. The Morgan fingerprint density at radius 1 is 1.75 bits per heavy atom. The number of hydrogen-bond donors (Lipinski definition) is 1. The normalized spacial score (nSPS) is 11.8. The first-order valence-electron chi connectivity index (χ1n) is 3.52. The van der Waals surface area contributed by atoms with Crippen molar-refractivity contribution >= 4 is 18.2 Å². The van der Waals surface area contributed by atoms with Crippen LogP contribution in [0, 0.1) is 0 Å². The second-order valence-corrected chi connectivity index (χ2v) is 2.58. The molecule has 1 unspecified atom stereocenters. The van der Waals surface area contributed by atoms with Crippen LogP contribution in [-0.4, -0.2) is 11.8 Å². The summed E-state index contributed by atoms with van der Waals surface area (Å²) in [4.78, 5) is 11.1. The Bertz CT molecular complexity index is 231. The number of nitrogens with two attached hydrogens (primary N) is 1. The topological polar surface area (TPSA) is 56.2 Å². The Kier molecular flexibility index (Phi) is 4.62. The minimum absolute atomic E-state index is 0. The Morgan fingerprint density at radius 2 is 2.42 bits per heavy atom. The van der Waals surface area contributed by atoms with E-state index in [4.69, 9.17) is 10.2 Å². The standard InChI is InChI=1S/C8H11NO2.ClH/c1-6(9)5-7(10)8-3-2-4-11-8;/h2-4,6H,5,9H2,1H3;1H. The molecule has 4 heteroatoms. The molecule has 1 atom stereocenters. The molecule has 1 aromatic heterocycles. The van der Waals surface area contributed by atoms with Crippen LogP contribution in [0.4, 0.5) is 0 Å². The zero-order valence-electron chi connectivity index (χ0n) is 6.82. The van der Waals surface area contributed by atoms with Crippen molar-refractivity contribution in [2.75, 3.05) is 0 Å². The minimum Gasteiger partial charge on any atom is -0.461 e. The summed E-state index contributed by atoms with van der Waals surface area (Å²) in [6.45, 7) is 1.79. The van der Waals surface area contributed by atoms with E-state index in [2.05, 4.69) is 0 Å². The third-order valence-electron chi connectivity index (χ3n) is 1.30. The molecular weight excluding hydrogens is 178 g/mol. The maximum atomic E-state index is 11.1. The number of ketones is 1. The van der Waals surface area contributed by atoms with Gasteiger partial charge in [0.2, 0.25) is 0 Å². The van der Waals surface area contributed by atoms with Gasteiger partial charge in [-0.25, -0.2) is 0 Å². The highest BCUT2D eigenvalue weighted by Gasteiger charge is 2.09. The average Bonchev–Trinajstić information content (AvgIpc) is 2.35. The quantitative estimate of drug-likeness (QED) is 0.736. The van der Waals surface area contributed by atoms with Gasteiger partial charge in [0.1, 0.15) is 0 Å². The predicted octanol–water partition coefficient (Wildman–Crippen LogP) is 1.62. The Hall–Kier alpha value is -0.800. The molecule has 0 saturated heterocycles. The summed E-state index contributed by atoms with van der Waals surface area (Å²) in [5.41, 5.74) is 5.44. The van der Waals surface area contributed by atoms with Gasteiger partial charge in [0.15, 0.2) is 11.5 Å². The van der Waals surface area contributed by atoms with Gasteiger partial charge in [0.25, 0.3) is 0 Å². The first-order chi connectivity index (χ1) is 5.20. The maximum Gasteiger partial charge on any atom is 0.199 e. The summed E-state index contributed by atoms with van der Waals surface area (Å²) < 4.78 is 4.89. The highest BCUT2D eigenvalue weighted by Crippen LogP contribution is 2.04. The summed E-state index contributed by atoms with van der Waals surface area (Å²) >= 11 is 0. The Morgan fingerprint density at radius 3 is 2.83 bits per heavy atom. The van der Waals surface area contributed by atoms with Gasteiger partial charge in [0.05, 0.1) is 6.26 Å². The number of furan rings is 1. The fourth-order valence-electron chi connectivity index (χ4n) is 0.830. The molecule has 3 nitrogen and oxygen atoms in total. The molecule has 1 aromatic rings. The van der Waals surface area contributed by atoms with Crippen molar-refractivity contribution in [3.63, 3.8) is 0 Å². The van der Waals surface area contributed by atoms with Crippen LogP contribution in [0.3, 0.4) is 0 Å². The van der Waals surface area contributed by atoms with Gasteiger partial charge in [-0.3, -0.25) is 4.79 Å². The molecule has 0 aromatic carbocycles. The number of hydrogen-bond acceptors (Lipinski definition) is 3. The molecule has 12 heavy (non-hydrogen) atoms. The van der Waals surface area contributed by atoms with E-state index < -0.39 is 0 Å². The highest BCUT2D eigenvalue weighted by molar-refractivity contribution is 5.93. The van der Waals surface area contributed by atoms with E-state index in [1.54, 1.807) is 19.1 Å². The largest absolute Gasteiger partial charge is 0.461 e. The number of carbonyl (C=O) groups excluding carboxylic acids is 1. The van der Waals surface area contributed by atoms with Crippen molar-refractivity contribution in [1.82, 2.24) is 0 Å². The van der Waals surface area contributed by atoms with E-state index in [9.17, 15) is 4.79 Å². The van der Waals surface area contributed by atoms with Crippen molar-refractivity contribution in [1.29, 1.82) is 0 Å². The van der Waals surface area contributed by atoms with E-state index in [-0.39, 0.29) is 24.2 Å². The molecule has 68 valence electrons. The van der Waals surface area contributed by atoms with Crippen molar-refractivity contribution in [2.24, 2.45) is 5.73 Å². The first-order valence-corrected chi connectivity index (χ1v) is 3.52. The summed E-state index contributed by atoms with van der Waals surface area (Å²) in [5.74, 6) is 0.354. The van der Waals surface area contributed by atoms with Gasteiger partial charge in [-0.2, -0.15) is 0 Å². The summed E-state index contributed by atoms with van der Waals surface area (Å²) in [5, 5.41) is 0. The molecule has 0 amide bonds. The van der Waals surface area contributed by atoms with Crippen LogP contribution in [-0.2, 0) is 0 Å². The van der Waals surface area contributed by atoms with Crippen LogP contribution in [0.5, 0.6) is 0 Å². The van der Waals surface area contributed by atoms with Gasteiger partial charge in [-0.15, -0.1) is 12.4 Å². The SMILES string of the molecule is CC(N)CC(=O)c1ccco1.Cl. The van der Waals surface area contributed by atoms with Crippen LogP contribution in [0.1, 0.15) is 23.9 Å². The number of rotatable bonds is 3. The molecule has 1 heterocycles. The van der Waals surface area contributed by atoms with E-state index in [1.807, 2.05) is 0 Å². The second-order valence-electron chi connectivity index (χ2n) is 2.58. The molecule has 0 spiro atoms. The van der Waals surface area contributed by atoms with E-state index in [0.717, 1.165) is 0 Å². The highest BCUT2D eigenvalue weighted by atomic mass is 35.5. The maximum absolute atomic E-state index is 11.1. The molecule has 0 bridgehead atoms. The van der Waals surface area contributed by atoms with Crippen LogP contribution in [0.25, 0.3) is 0 Å². The molecule has 0 saturated carbocycles. The lowest BCUT2D eigenvalue weighted by Gasteiger charge is -1.99. The van der Waals surface area contributed by atoms with Crippen LogP contribution < -0.4 is 5.73 Å². The van der Waals surface area contributed by atoms with E-state index >= 15 is 0 Å². The van der Waals surface area contributed by atoms with Gasteiger partial charge < -0.3 is 10.2 Å². The summed E-state index contributed by atoms with van der Waals surface area (Å²) in [7, 11) is 0. The second kappa shape index (κ2) is 4.95. The van der Waals surface area contributed by atoms with Gasteiger partial charge in [-0.05, 0) is 19.1 Å². The van der Waals surface area contributed by atoms with Gasteiger partial charge in [0, 0.05) is 12.5 Å². The number of carbonyl (C=O) groups is 1. The van der Waals surface area contributed by atoms with Crippen molar-refractivity contribution in [3.8, 4) is 0 Å². The molecule has 0 radical (unpaired) electrons. The zero-order chi connectivity index (χ0) is 8.27. The van der Waals surface area contributed by atoms with Crippen LogP contribution >= 0.6 is 12.4 Å². The Labute approximate surface area is 77.3 Å². The third kappa shape index (κ3) is 3.07. The van der Waals surface area contributed by atoms with Crippen molar-refractivity contribution < 1.29 is 9.21 Å². The lowest BCUT2D eigenvalue weighted by atomic mass is 10.1. The van der Waals surface area contributed by atoms with Crippen LogP contribution in [0.2, 0.25) is 0 Å². The average molecular weight is 190 g/mol. The van der Waals surface area contributed by atoms with Gasteiger partial charge in [-0.1, -0.05) is 0 Å². The van der Waals surface area contributed by atoms with Gasteiger partial charge >= 0.3 is 0 Å². The molecule has 0 aliphatic carbocycles. The third-order valence-corrected chi connectivity index (χ3v) is 1.30. The summed E-state index contributed by atoms with van der Waals surface area (Å²) in [6.07, 6.45) is 1.82. The lowest BCUT2D eigenvalue weighted by Crippen LogP contribution is -2.19. The smallest absolute Gasteiger partial charge is 0.199 e. The molecule has 0 fully saturated rings. The van der Waals surface area contributed by atoms with Crippen molar-refractivity contribution in [2.45, 2.75) is 19.4 Å². The van der Waals surface area contributed by atoms with Crippen molar-refractivity contribution in [3.05, 3.63) is 24.2 Å². The van der Waals surface area contributed by atoms with E-state index in [1.165, 1.54) is 6.26 Å². The van der Waals surface area contributed by atoms with E-state index in [0.29, 0.717) is 12.2 Å².